The minimum absolute atomic E-state index is 0.336. The molecule has 21 heavy (non-hydrogen) atoms. The van der Waals surface area contributed by atoms with Crippen molar-refractivity contribution in [1.82, 2.24) is 0 Å². The fourth-order valence-corrected chi connectivity index (χ4v) is 1.84. The first kappa shape index (κ1) is 17.1. The molecule has 0 heterocycles. The van der Waals surface area contributed by atoms with Gasteiger partial charge in [0.1, 0.15) is 11.5 Å². The quantitative estimate of drug-likeness (QED) is 0.713. The van der Waals surface area contributed by atoms with Gasteiger partial charge in [-0.3, -0.25) is 0 Å². The predicted molar refractivity (Wildman–Crippen MR) is 89.1 cm³/mol. The first-order chi connectivity index (χ1) is 10.3. The molecule has 0 aromatic heterocycles. The summed E-state index contributed by atoms with van der Waals surface area (Å²) in [6.45, 7) is 4.33. The number of ether oxygens (including phenoxy) is 2. The molecule has 1 atom stereocenters. The lowest BCUT2D eigenvalue weighted by Crippen LogP contribution is -2.11. The maximum Gasteiger partial charge on any atom is 0.119 e. The molecule has 2 aromatic carbocycles. The van der Waals surface area contributed by atoms with Gasteiger partial charge in [-0.15, -0.1) is 0 Å². The van der Waals surface area contributed by atoms with Gasteiger partial charge in [-0.1, -0.05) is 56.2 Å². The highest BCUT2D eigenvalue weighted by atomic mass is 16.5. The average Bonchev–Trinajstić information content (AvgIpc) is 2.55. The topological polar surface area (TPSA) is 18.5 Å². The van der Waals surface area contributed by atoms with Crippen molar-refractivity contribution in [3.05, 3.63) is 60.7 Å². The maximum absolute atomic E-state index is 5.72. The van der Waals surface area contributed by atoms with E-state index in [-0.39, 0.29) is 0 Å². The number of rotatable bonds is 6. The largest absolute Gasteiger partial charge is 0.497 e. The van der Waals surface area contributed by atoms with Crippen molar-refractivity contribution in [2.45, 2.75) is 39.2 Å². The van der Waals surface area contributed by atoms with Crippen molar-refractivity contribution in [2.24, 2.45) is 0 Å². The molecule has 0 saturated heterocycles. The van der Waals surface area contributed by atoms with E-state index in [0.29, 0.717) is 6.10 Å². The van der Waals surface area contributed by atoms with Crippen molar-refractivity contribution in [3.8, 4) is 11.5 Å². The van der Waals surface area contributed by atoms with Crippen LogP contribution in [0.2, 0.25) is 0 Å². The highest BCUT2D eigenvalue weighted by molar-refractivity contribution is 5.21. The minimum Gasteiger partial charge on any atom is -0.497 e. The van der Waals surface area contributed by atoms with Crippen molar-refractivity contribution >= 4 is 0 Å². The number of hydrogen-bond donors (Lipinski definition) is 0. The summed E-state index contributed by atoms with van der Waals surface area (Å²) in [5.74, 6) is 1.89. The summed E-state index contributed by atoms with van der Waals surface area (Å²) in [7, 11) is 1.66. The van der Waals surface area contributed by atoms with Gasteiger partial charge in [-0.25, -0.2) is 0 Å². The van der Waals surface area contributed by atoms with Gasteiger partial charge in [0.05, 0.1) is 13.2 Å². The third-order valence-corrected chi connectivity index (χ3v) is 3.02. The molecule has 0 spiro atoms. The Morgan fingerprint density at radius 2 is 1.38 bits per heavy atom. The van der Waals surface area contributed by atoms with Crippen LogP contribution < -0.4 is 9.47 Å². The zero-order valence-electron chi connectivity index (χ0n) is 13.3. The maximum atomic E-state index is 5.72. The number of unbranched alkanes of at least 4 members (excludes halogenated alkanes) is 1. The minimum atomic E-state index is 0.336. The molecular weight excluding hydrogens is 260 g/mol. The van der Waals surface area contributed by atoms with Gasteiger partial charge in [-0.05, 0) is 37.6 Å². The lowest BCUT2D eigenvalue weighted by Gasteiger charge is -2.13. The first-order valence-corrected chi connectivity index (χ1v) is 7.57. The molecule has 0 aliphatic carbocycles. The molecule has 0 N–H and O–H groups in total. The third kappa shape index (κ3) is 8.03. The van der Waals surface area contributed by atoms with Gasteiger partial charge < -0.3 is 9.47 Å². The fourth-order valence-electron chi connectivity index (χ4n) is 1.84. The first-order valence-electron chi connectivity index (χ1n) is 7.57. The Labute approximate surface area is 128 Å². The van der Waals surface area contributed by atoms with Crippen LogP contribution in [-0.4, -0.2) is 13.2 Å². The second-order valence-electron chi connectivity index (χ2n) is 4.90. The Morgan fingerprint density at radius 3 is 1.81 bits per heavy atom. The predicted octanol–water partition coefficient (Wildman–Crippen LogP) is 5.34. The highest BCUT2D eigenvalue weighted by Gasteiger charge is 2.01. The van der Waals surface area contributed by atoms with E-state index in [1.807, 2.05) is 60.7 Å². The number of benzene rings is 2. The van der Waals surface area contributed by atoms with Gasteiger partial charge in [0, 0.05) is 0 Å². The zero-order valence-corrected chi connectivity index (χ0v) is 13.3. The van der Waals surface area contributed by atoms with E-state index in [4.69, 9.17) is 9.47 Å². The summed E-state index contributed by atoms with van der Waals surface area (Å²) < 4.78 is 10.6. The standard InChI is InChI=1S/C12H18O.C7H8O/c1-3-4-8-11(2)13-12-9-6-5-7-10-12;1-8-7-5-3-2-4-6-7/h5-7,9-11H,3-4,8H2,1-2H3;2-6H,1H3. The van der Waals surface area contributed by atoms with Crippen LogP contribution in [0.15, 0.2) is 60.7 Å². The highest BCUT2D eigenvalue weighted by Crippen LogP contribution is 2.13. The smallest absolute Gasteiger partial charge is 0.119 e. The molecule has 0 aliphatic rings. The molecular formula is C19H26O2. The monoisotopic (exact) mass is 286 g/mol. The molecule has 2 nitrogen and oxygen atoms in total. The molecule has 0 bridgehead atoms. The molecule has 0 saturated carbocycles. The van der Waals surface area contributed by atoms with E-state index in [9.17, 15) is 0 Å². The van der Waals surface area contributed by atoms with Crippen LogP contribution in [0.5, 0.6) is 11.5 Å². The lowest BCUT2D eigenvalue weighted by atomic mass is 10.2. The Hall–Kier alpha value is -1.96. The van der Waals surface area contributed by atoms with Gasteiger partial charge in [0.25, 0.3) is 0 Å². The van der Waals surface area contributed by atoms with Crippen LogP contribution in [0, 0.1) is 0 Å². The van der Waals surface area contributed by atoms with Gasteiger partial charge in [0.15, 0.2) is 0 Å². The lowest BCUT2D eigenvalue weighted by molar-refractivity contribution is 0.207. The summed E-state index contributed by atoms with van der Waals surface area (Å²) in [4.78, 5) is 0. The van der Waals surface area contributed by atoms with Crippen molar-refractivity contribution in [2.75, 3.05) is 7.11 Å². The summed E-state index contributed by atoms with van der Waals surface area (Å²) >= 11 is 0. The molecule has 1 unspecified atom stereocenters. The molecule has 0 fully saturated rings. The van der Waals surface area contributed by atoms with Gasteiger partial charge in [0.2, 0.25) is 0 Å². The number of hydrogen-bond acceptors (Lipinski definition) is 2. The van der Waals surface area contributed by atoms with E-state index >= 15 is 0 Å². The zero-order chi connectivity index (χ0) is 15.3. The molecule has 114 valence electrons. The molecule has 0 radical (unpaired) electrons. The molecule has 0 aliphatic heterocycles. The Bertz CT molecular complexity index is 454. The molecule has 0 amide bonds. The third-order valence-electron chi connectivity index (χ3n) is 3.02. The van der Waals surface area contributed by atoms with Crippen LogP contribution in [0.3, 0.4) is 0 Å². The second kappa shape index (κ2) is 10.8. The Balaban J connectivity index is 0.000000235. The van der Waals surface area contributed by atoms with E-state index in [1.54, 1.807) is 7.11 Å². The van der Waals surface area contributed by atoms with Crippen molar-refractivity contribution < 1.29 is 9.47 Å². The van der Waals surface area contributed by atoms with Crippen molar-refractivity contribution in [1.29, 1.82) is 0 Å². The summed E-state index contributed by atoms with van der Waals surface area (Å²) in [6.07, 6.45) is 3.96. The van der Waals surface area contributed by atoms with Gasteiger partial charge >= 0.3 is 0 Å². The van der Waals surface area contributed by atoms with Crippen molar-refractivity contribution in [3.63, 3.8) is 0 Å². The van der Waals surface area contributed by atoms with E-state index in [1.165, 1.54) is 12.8 Å². The average molecular weight is 286 g/mol. The Morgan fingerprint density at radius 1 is 0.857 bits per heavy atom. The van der Waals surface area contributed by atoms with E-state index < -0.39 is 0 Å². The fraction of sp³-hybridized carbons (Fsp3) is 0.368. The van der Waals surface area contributed by atoms with Crippen LogP contribution >= 0.6 is 0 Å². The summed E-state index contributed by atoms with van der Waals surface area (Å²) in [5.41, 5.74) is 0. The number of methoxy groups -OCH3 is 1. The summed E-state index contributed by atoms with van der Waals surface area (Å²) in [6, 6.07) is 19.7. The molecule has 2 heteroatoms. The van der Waals surface area contributed by atoms with Crippen LogP contribution in [-0.2, 0) is 0 Å². The molecule has 2 aromatic rings. The normalized spacial score (nSPS) is 11.0. The molecule has 2 rings (SSSR count). The SMILES string of the molecule is CCCCC(C)Oc1ccccc1.COc1ccccc1. The van der Waals surface area contributed by atoms with E-state index in [0.717, 1.165) is 17.9 Å². The van der Waals surface area contributed by atoms with Crippen LogP contribution in [0.1, 0.15) is 33.1 Å². The number of para-hydroxylation sites is 2. The van der Waals surface area contributed by atoms with Crippen LogP contribution in [0.4, 0.5) is 0 Å². The second-order valence-corrected chi connectivity index (χ2v) is 4.90. The Kier molecular flexibility index (Phi) is 8.78. The van der Waals surface area contributed by atoms with Gasteiger partial charge in [-0.2, -0.15) is 0 Å². The van der Waals surface area contributed by atoms with E-state index in [2.05, 4.69) is 13.8 Å². The summed E-state index contributed by atoms with van der Waals surface area (Å²) in [5, 5.41) is 0. The van der Waals surface area contributed by atoms with Crippen LogP contribution in [0.25, 0.3) is 0 Å².